The van der Waals surface area contributed by atoms with Crippen molar-refractivity contribution in [3.8, 4) is 0 Å². The molecule has 3 saturated carbocycles. The Morgan fingerprint density at radius 3 is 2.25 bits per heavy atom. The summed E-state index contributed by atoms with van der Waals surface area (Å²) in [7, 11) is 0. The molecule has 0 aromatic carbocycles. The van der Waals surface area contributed by atoms with Gasteiger partial charge in [0.1, 0.15) is 29.9 Å². The number of ketones is 1. The van der Waals surface area contributed by atoms with E-state index >= 15 is 0 Å². The van der Waals surface area contributed by atoms with Gasteiger partial charge in [0.2, 0.25) is 23.5 Å². The number of nitrogens with one attached hydrogen (secondary N) is 4. The number of carbonyl (C=O) groups is 6. The lowest BCUT2D eigenvalue weighted by molar-refractivity contribution is -0.152. The van der Waals surface area contributed by atoms with Crippen LogP contribution in [0.25, 0.3) is 0 Å². The first kappa shape index (κ1) is 37.6. The van der Waals surface area contributed by atoms with Crippen LogP contribution in [-0.2, 0) is 24.0 Å². The first-order valence-electron chi connectivity index (χ1n) is 19.4. The maximum absolute atomic E-state index is 14.5. The minimum absolute atomic E-state index is 0.0396. The lowest BCUT2D eigenvalue weighted by Crippen LogP contribution is -2.69. The van der Waals surface area contributed by atoms with E-state index in [2.05, 4.69) is 37.8 Å². The predicted octanol–water partition coefficient (Wildman–Crippen LogP) is 3.00. The Kier molecular flexibility index (Phi) is 11.4. The van der Waals surface area contributed by atoms with Crippen LogP contribution in [0.2, 0.25) is 0 Å². The molecule has 0 spiro atoms. The number of rotatable bonds is 12. The maximum Gasteiger partial charge on any atom is 0.289 e. The van der Waals surface area contributed by atoms with Gasteiger partial charge in [0.15, 0.2) is 0 Å². The molecular weight excluding hydrogens is 662 g/mol. The second kappa shape index (κ2) is 15.8. The van der Waals surface area contributed by atoms with Crippen LogP contribution < -0.4 is 21.3 Å². The molecule has 1 unspecified atom stereocenters. The highest BCUT2D eigenvalue weighted by atomic mass is 16.2. The van der Waals surface area contributed by atoms with Gasteiger partial charge in [-0.1, -0.05) is 52.0 Å². The van der Waals surface area contributed by atoms with Gasteiger partial charge in [0.05, 0.1) is 6.20 Å². The van der Waals surface area contributed by atoms with Crippen molar-refractivity contribution in [2.45, 2.75) is 134 Å². The van der Waals surface area contributed by atoms with E-state index in [0.717, 1.165) is 57.8 Å². The molecule has 52 heavy (non-hydrogen) atoms. The standard InChI is InChI=1S/C39H55N7O6/c1-5-39-17-16-26-21-46(31(28(26)39)36(50)45-33(39)32(47)37(51)42-23(4)24-12-8-6-9-13-24)38(52)29(22(2)3)43-35(49)30(25-14-10-7-11-15-25)44-34(48)27-20-40-18-19-41-27/h18-20,23-26,28-31,33H,2,5-17,21H2,1,3-4H3,(H,42,51)(H,43,49)(H,44,48)(H,45,50)/t23-,26-,28-,29-,30-,31-,33+,39?/m0/s1. The molecule has 4 N–H and O–H groups in total. The Labute approximate surface area is 306 Å². The SMILES string of the molecule is C=C(C)[C@H](NC(=O)[C@@H](NC(=O)c1cnccn1)C1CCCCC1)C(=O)N1C[C@@H]2CCC3(CC)[C@@H]2[C@H]1C(=O)N[C@@H]3C(=O)C(=O)N[C@@H](C)C1CCCCC1. The number of nitrogens with zero attached hydrogens (tertiary/aromatic N) is 3. The van der Waals surface area contributed by atoms with Crippen LogP contribution in [0.15, 0.2) is 30.7 Å². The molecule has 2 saturated heterocycles. The number of hydrogen-bond acceptors (Lipinski definition) is 8. The molecule has 282 valence electrons. The summed E-state index contributed by atoms with van der Waals surface area (Å²) in [5.74, 6) is -3.37. The van der Waals surface area contributed by atoms with Crippen molar-refractivity contribution in [1.29, 1.82) is 0 Å². The van der Waals surface area contributed by atoms with Crippen LogP contribution in [0.5, 0.6) is 0 Å². The molecule has 5 amide bonds. The fourth-order valence-electron chi connectivity index (χ4n) is 10.2. The van der Waals surface area contributed by atoms with E-state index in [1.54, 1.807) is 11.8 Å². The summed E-state index contributed by atoms with van der Waals surface area (Å²) in [5.41, 5.74) is -0.199. The number of carbonyl (C=O) groups excluding carboxylic acids is 6. The second-order valence-electron chi connectivity index (χ2n) is 16.0. The highest BCUT2D eigenvalue weighted by Gasteiger charge is 2.67. The van der Waals surface area contributed by atoms with E-state index in [-0.39, 0.29) is 29.5 Å². The number of aromatic nitrogens is 2. The summed E-state index contributed by atoms with van der Waals surface area (Å²) in [6.45, 7) is 9.94. The molecule has 8 atom stereocenters. The van der Waals surface area contributed by atoms with E-state index in [1.807, 2.05) is 13.8 Å². The van der Waals surface area contributed by atoms with Crippen molar-refractivity contribution in [1.82, 2.24) is 36.1 Å². The normalized spacial score (nSPS) is 29.2. The van der Waals surface area contributed by atoms with Gasteiger partial charge in [-0.3, -0.25) is 33.8 Å². The van der Waals surface area contributed by atoms with Gasteiger partial charge < -0.3 is 26.2 Å². The fourth-order valence-corrected chi connectivity index (χ4v) is 10.2. The molecule has 5 fully saturated rings. The summed E-state index contributed by atoms with van der Waals surface area (Å²) in [4.78, 5) is 92.6. The third kappa shape index (κ3) is 7.24. The number of amides is 5. The van der Waals surface area contributed by atoms with E-state index in [1.165, 1.54) is 25.0 Å². The van der Waals surface area contributed by atoms with Crippen LogP contribution in [0.1, 0.15) is 115 Å². The molecule has 13 heteroatoms. The van der Waals surface area contributed by atoms with E-state index in [4.69, 9.17) is 0 Å². The van der Waals surface area contributed by atoms with Crippen LogP contribution in [-0.4, -0.2) is 86.9 Å². The number of likely N-dealkylation sites (tertiary alicyclic amines) is 1. The van der Waals surface area contributed by atoms with Crippen LogP contribution in [0.4, 0.5) is 0 Å². The van der Waals surface area contributed by atoms with Crippen molar-refractivity contribution in [2.75, 3.05) is 6.54 Å². The first-order valence-corrected chi connectivity index (χ1v) is 19.4. The molecule has 3 aliphatic carbocycles. The minimum atomic E-state index is -1.14. The molecule has 0 radical (unpaired) electrons. The van der Waals surface area contributed by atoms with Gasteiger partial charge in [0.25, 0.3) is 11.8 Å². The Morgan fingerprint density at radius 2 is 1.63 bits per heavy atom. The summed E-state index contributed by atoms with van der Waals surface area (Å²) in [6, 6.07) is -4.01. The lowest BCUT2D eigenvalue weighted by Gasteiger charge is -2.48. The Balaban J connectivity index is 1.19. The van der Waals surface area contributed by atoms with Gasteiger partial charge in [0, 0.05) is 36.3 Å². The topological polar surface area (TPSA) is 180 Å². The summed E-state index contributed by atoms with van der Waals surface area (Å²) >= 11 is 0. The Hall–Kier alpha value is -4.16. The smallest absolute Gasteiger partial charge is 0.289 e. The maximum atomic E-state index is 14.5. The second-order valence-corrected chi connectivity index (χ2v) is 16.0. The lowest BCUT2D eigenvalue weighted by atomic mass is 9.63. The molecule has 6 rings (SSSR count). The zero-order valence-electron chi connectivity index (χ0n) is 30.8. The van der Waals surface area contributed by atoms with E-state index in [0.29, 0.717) is 37.3 Å². The molecule has 5 aliphatic rings. The first-order chi connectivity index (χ1) is 25.0. The summed E-state index contributed by atoms with van der Waals surface area (Å²) < 4.78 is 0. The van der Waals surface area contributed by atoms with Crippen molar-refractivity contribution in [3.63, 3.8) is 0 Å². The molecular formula is C39H55N7O6. The molecule has 2 aliphatic heterocycles. The van der Waals surface area contributed by atoms with Gasteiger partial charge in [-0.2, -0.15) is 0 Å². The molecule has 1 aromatic rings. The fraction of sp³-hybridized carbons (Fsp3) is 0.692. The average Bonchev–Trinajstić information content (AvgIpc) is 3.74. The zero-order valence-corrected chi connectivity index (χ0v) is 30.8. The van der Waals surface area contributed by atoms with Crippen molar-refractivity contribution < 1.29 is 28.8 Å². The Morgan fingerprint density at radius 1 is 0.962 bits per heavy atom. The van der Waals surface area contributed by atoms with Crippen LogP contribution in [0.3, 0.4) is 0 Å². The highest BCUT2D eigenvalue weighted by molar-refractivity contribution is 6.39. The van der Waals surface area contributed by atoms with Gasteiger partial charge in [-0.25, -0.2) is 4.98 Å². The van der Waals surface area contributed by atoms with Gasteiger partial charge in [-0.05, 0) is 82.1 Å². The molecule has 13 nitrogen and oxygen atoms in total. The molecule has 1 aromatic heterocycles. The zero-order chi connectivity index (χ0) is 37.2. The average molecular weight is 718 g/mol. The molecule has 3 heterocycles. The third-order valence-corrected chi connectivity index (χ3v) is 13.0. The van der Waals surface area contributed by atoms with Gasteiger partial charge in [-0.15, -0.1) is 0 Å². The highest BCUT2D eigenvalue weighted by Crippen LogP contribution is 2.59. The predicted molar refractivity (Wildman–Crippen MR) is 192 cm³/mol. The van der Waals surface area contributed by atoms with Gasteiger partial charge >= 0.3 is 0 Å². The van der Waals surface area contributed by atoms with Crippen molar-refractivity contribution in [2.24, 2.45) is 29.1 Å². The van der Waals surface area contributed by atoms with E-state index in [9.17, 15) is 28.8 Å². The number of Topliss-reactive ketones (excluding diaryl/α,β-unsaturated/α-hetero) is 1. The van der Waals surface area contributed by atoms with Crippen LogP contribution >= 0.6 is 0 Å². The summed E-state index contributed by atoms with van der Waals surface area (Å²) in [6.07, 6.45) is 16.0. The van der Waals surface area contributed by atoms with Crippen molar-refractivity contribution >= 4 is 35.3 Å². The number of hydrogen-bond donors (Lipinski definition) is 4. The third-order valence-electron chi connectivity index (χ3n) is 13.0. The molecule has 0 bridgehead atoms. The monoisotopic (exact) mass is 717 g/mol. The van der Waals surface area contributed by atoms with E-state index < -0.39 is 64.9 Å². The summed E-state index contributed by atoms with van der Waals surface area (Å²) in [5, 5.41) is 11.6. The minimum Gasteiger partial charge on any atom is -0.347 e. The Bertz CT molecular complexity index is 1560. The van der Waals surface area contributed by atoms with Crippen LogP contribution in [0, 0.1) is 29.1 Å². The quantitative estimate of drug-likeness (QED) is 0.188. The van der Waals surface area contributed by atoms with Crippen molar-refractivity contribution in [3.05, 3.63) is 36.4 Å². The largest absolute Gasteiger partial charge is 0.347 e. The number of piperidine rings is 1.